The van der Waals surface area contributed by atoms with Gasteiger partial charge in [-0.1, -0.05) is 0 Å². The second-order valence-corrected chi connectivity index (χ2v) is 6.58. The largest absolute Gasteiger partial charge is 0.378 e. The maximum absolute atomic E-state index is 13.9. The molecule has 0 unspecified atom stereocenters. The smallest absolute Gasteiger partial charge is 0.143 e. The van der Waals surface area contributed by atoms with Gasteiger partial charge in [-0.3, -0.25) is 0 Å². The minimum Gasteiger partial charge on any atom is -0.378 e. The van der Waals surface area contributed by atoms with Gasteiger partial charge in [0.25, 0.3) is 0 Å². The van der Waals surface area contributed by atoms with Crippen molar-refractivity contribution in [3.8, 4) is 6.07 Å². The van der Waals surface area contributed by atoms with Crippen LogP contribution >= 0.6 is 0 Å². The number of morpholine rings is 1. The molecule has 1 aromatic carbocycles. The van der Waals surface area contributed by atoms with Gasteiger partial charge in [-0.25, -0.2) is 14.4 Å². The number of piperazine rings is 1. The Labute approximate surface area is 157 Å². The van der Waals surface area contributed by atoms with Crippen molar-refractivity contribution >= 4 is 17.3 Å². The molecule has 0 radical (unpaired) electrons. The highest BCUT2D eigenvalue weighted by atomic mass is 19.1. The van der Waals surface area contributed by atoms with Crippen LogP contribution in [0, 0.1) is 17.1 Å². The average Bonchev–Trinajstić information content (AvgIpc) is 2.74. The molecule has 8 heteroatoms. The van der Waals surface area contributed by atoms with Crippen molar-refractivity contribution in [2.24, 2.45) is 0 Å². The molecule has 0 aliphatic carbocycles. The van der Waals surface area contributed by atoms with E-state index >= 15 is 0 Å². The Morgan fingerprint density at radius 2 is 1.52 bits per heavy atom. The molecule has 140 valence electrons. The summed E-state index contributed by atoms with van der Waals surface area (Å²) in [6.45, 7) is 6.24. The number of rotatable bonds is 3. The zero-order valence-corrected chi connectivity index (χ0v) is 15.0. The van der Waals surface area contributed by atoms with E-state index in [1.807, 2.05) is 12.1 Å². The van der Waals surface area contributed by atoms with Crippen molar-refractivity contribution in [3.05, 3.63) is 42.0 Å². The number of nitriles is 1. The topological polar surface area (TPSA) is 68.5 Å². The standard InChI is InChI=1S/C19H21FN6O/c20-17-11-16(2-1-15(17)13-21)24-3-5-25(6-4-24)18-12-19(23-14-22-18)26-7-9-27-10-8-26/h1-2,11-12,14H,3-10H2. The maximum atomic E-state index is 13.9. The minimum atomic E-state index is -0.469. The highest BCUT2D eigenvalue weighted by Gasteiger charge is 2.21. The molecule has 2 fully saturated rings. The normalized spacial score (nSPS) is 17.7. The van der Waals surface area contributed by atoms with Gasteiger partial charge in [-0.15, -0.1) is 0 Å². The Hall–Kier alpha value is -2.92. The van der Waals surface area contributed by atoms with Gasteiger partial charge in [0.2, 0.25) is 0 Å². The molecule has 0 amide bonds. The monoisotopic (exact) mass is 368 g/mol. The molecule has 2 aromatic rings. The fraction of sp³-hybridized carbons (Fsp3) is 0.421. The lowest BCUT2D eigenvalue weighted by atomic mass is 10.2. The number of aromatic nitrogens is 2. The number of ether oxygens (including phenoxy) is 1. The molecule has 0 spiro atoms. The van der Waals surface area contributed by atoms with Crippen LogP contribution in [0.1, 0.15) is 5.56 Å². The zero-order valence-electron chi connectivity index (χ0n) is 15.0. The zero-order chi connectivity index (χ0) is 18.6. The van der Waals surface area contributed by atoms with Crippen LogP contribution in [0.15, 0.2) is 30.6 Å². The quantitative estimate of drug-likeness (QED) is 0.816. The molecular weight excluding hydrogens is 347 g/mol. The van der Waals surface area contributed by atoms with E-state index in [2.05, 4.69) is 24.7 Å². The first-order chi connectivity index (χ1) is 13.2. The summed E-state index contributed by atoms with van der Waals surface area (Å²) < 4.78 is 19.3. The molecule has 1 aromatic heterocycles. The van der Waals surface area contributed by atoms with Gasteiger partial charge in [0.15, 0.2) is 0 Å². The summed E-state index contributed by atoms with van der Waals surface area (Å²) in [4.78, 5) is 15.4. The van der Waals surface area contributed by atoms with E-state index in [1.54, 1.807) is 12.4 Å². The molecule has 0 atom stereocenters. The number of anilines is 3. The predicted molar refractivity (Wildman–Crippen MR) is 101 cm³/mol. The van der Waals surface area contributed by atoms with Gasteiger partial charge in [0, 0.05) is 51.0 Å². The summed E-state index contributed by atoms with van der Waals surface area (Å²) in [6.07, 6.45) is 1.61. The highest BCUT2D eigenvalue weighted by Crippen LogP contribution is 2.23. The Bertz CT molecular complexity index is 840. The first-order valence-corrected chi connectivity index (χ1v) is 9.09. The fourth-order valence-electron chi connectivity index (χ4n) is 3.46. The maximum Gasteiger partial charge on any atom is 0.143 e. The lowest BCUT2D eigenvalue weighted by Crippen LogP contribution is -2.47. The van der Waals surface area contributed by atoms with Crippen molar-refractivity contribution in [1.29, 1.82) is 5.26 Å². The molecule has 0 bridgehead atoms. The average molecular weight is 368 g/mol. The third-order valence-electron chi connectivity index (χ3n) is 5.02. The van der Waals surface area contributed by atoms with Crippen molar-refractivity contribution in [2.75, 3.05) is 67.2 Å². The van der Waals surface area contributed by atoms with Crippen molar-refractivity contribution in [2.45, 2.75) is 0 Å². The van der Waals surface area contributed by atoms with Gasteiger partial charge in [-0.2, -0.15) is 5.26 Å². The molecule has 27 heavy (non-hydrogen) atoms. The van der Waals surface area contributed by atoms with Gasteiger partial charge in [0.1, 0.15) is 29.8 Å². The van der Waals surface area contributed by atoms with Crippen molar-refractivity contribution < 1.29 is 9.13 Å². The molecule has 0 saturated carbocycles. The Morgan fingerprint density at radius 1 is 0.889 bits per heavy atom. The first kappa shape index (κ1) is 17.5. The number of nitrogens with zero attached hydrogens (tertiary/aromatic N) is 6. The van der Waals surface area contributed by atoms with Crippen molar-refractivity contribution in [3.63, 3.8) is 0 Å². The van der Waals surface area contributed by atoms with Crippen LogP contribution in [0.3, 0.4) is 0 Å². The van der Waals surface area contributed by atoms with Crippen LogP contribution in [-0.4, -0.2) is 62.5 Å². The molecule has 3 heterocycles. The second-order valence-electron chi connectivity index (χ2n) is 6.58. The van der Waals surface area contributed by atoms with E-state index in [-0.39, 0.29) is 5.56 Å². The number of halogens is 1. The molecular formula is C19H21FN6O. The lowest BCUT2D eigenvalue weighted by Gasteiger charge is -2.37. The van der Waals surface area contributed by atoms with Crippen LogP contribution in [-0.2, 0) is 4.74 Å². The van der Waals surface area contributed by atoms with E-state index in [4.69, 9.17) is 10.00 Å². The Balaban J connectivity index is 1.42. The second kappa shape index (κ2) is 7.76. The molecule has 2 saturated heterocycles. The van der Waals surface area contributed by atoms with Crippen LogP contribution in [0.4, 0.5) is 21.7 Å². The highest BCUT2D eigenvalue weighted by molar-refractivity contribution is 5.54. The minimum absolute atomic E-state index is 0.0778. The van der Waals surface area contributed by atoms with E-state index in [1.165, 1.54) is 12.1 Å². The van der Waals surface area contributed by atoms with Gasteiger partial charge < -0.3 is 19.4 Å². The SMILES string of the molecule is N#Cc1ccc(N2CCN(c3cc(N4CCOCC4)ncn3)CC2)cc1F. The lowest BCUT2D eigenvalue weighted by molar-refractivity contribution is 0.122. The van der Waals surface area contributed by atoms with Gasteiger partial charge in [0.05, 0.1) is 18.8 Å². The van der Waals surface area contributed by atoms with Crippen LogP contribution in [0.25, 0.3) is 0 Å². The van der Waals surface area contributed by atoms with Crippen LogP contribution in [0.5, 0.6) is 0 Å². The molecule has 0 N–H and O–H groups in total. The molecule has 7 nitrogen and oxygen atoms in total. The van der Waals surface area contributed by atoms with Crippen LogP contribution in [0.2, 0.25) is 0 Å². The fourth-order valence-corrected chi connectivity index (χ4v) is 3.46. The molecule has 2 aliphatic rings. The van der Waals surface area contributed by atoms with Crippen molar-refractivity contribution in [1.82, 2.24) is 9.97 Å². The number of benzene rings is 1. The number of hydrogen-bond donors (Lipinski definition) is 0. The Kier molecular flexibility index (Phi) is 5.03. The summed E-state index contributed by atoms with van der Waals surface area (Å²) in [7, 11) is 0. The third-order valence-corrected chi connectivity index (χ3v) is 5.02. The van der Waals surface area contributed by atoms with E-state index in [0.717, 1.165) is 69.8 Å². The predicted octanol–water partition coefficient (Wildman–Crippen LogP) is 1.65. The summed E-state index contributed by atoms with van der Waals surface area (Å²) in [5, 5.41) is 8.86. The van der Waals surface area contributed by atoms with E-state index in [9.17, 15) is 4.39 Å². The van der Waals surface area contributed by atoms with Gasteiger partial charge in [-0.05, 0) is 18.2 Å². The third kappa shape index (κ3) is 3.78. The summed E-state index contributed by atoms with van der Waals surface area (Å²) >= 11 is 0. The molecule has 2 aliphatic heterocycles. The molecule has 4 rings (SSSR count). The number of hydrogen-bond acceptors (Lipinski definition) is 7. The van der Waals surface area contributed by atoms with Crippen LogP contribution < -0.4 is 14.7 Å². The summed E-state index contributed by atoms with van der Waals surface area (Å²) in [5.74, 6) is 1.38. The summed E-state index contributed by atoms with van der Waals surface area (Å²) in [6, 6.07) is 8.67. The van der Waals surface area contributed by atoms with E-state index < -0.39 is 5.82 Å². The first-order valence-electron chi connectivity index (χ1n) is 9.09. The van der Waals surface area contributed by atoms with E-state index in [0.29, 0.717) is 0 Å². The Morgan fingerprint density at radius 3 is 2.15 bits per heavy atom. The van der Waals surface area contributed by atoms with Gasteiger partial charge >= 0.3 is 0 Å². The summed E-state index contributed by atoms with van der Waals surface area (Å²) in [5.41, 5.74) is 0.886.